The SMILES string of the molecule is CC1(C)c2ccccc2-c2cc(N(c3ccc(-c4ccc5oc6ccccc6c5c4)cc3)c3ccc4ccccc4c3)ccc21.CC1(C)c2ccccc2-c2cc(N(c3ccc(-c4ccc5oc6ccccc6c5c4)cc3)c3cccc4ccccc34)ccc21.CC1(C)c2ccccc2-c2cc(N(c3ccc(-c4ccc5oc6ccccc6c5c4)cc3)c3cccc4ccccc34)ccc21. The largest absolute Gasteiger partial charge is 0.456 e. The summed E-state index contributed by atoms with van der Waals surface area (Å²) in [6, 6.07) is 165. The predicted octanol–water partition coefficient (Wildman–Crippen LogP) is 36.5. The number of para-hydroxylation sites is 3. The number of hydrogen-bond donors (Lipinski definition) is 0. The first-order chi connectivity index (χ1) is 66.2. The second kappa shape index (κ2) is 31.8. The summed E-state index contributed by atoms with van der Waals surface area (Å²) in [5.41, 5.74) is 39.0. The average molecular weight is 1730 g/mol. The standard InChI is InChI=1S/3C43H31NO/c2*1-43(2)38-15-7-5-13-34(38)36-27-32(23-24-39(36)43)44(40-16-9-11-29-10-3-4-12-33(29)40)31-21-18-28(19-22-31)30-20-25-42-37(26-30)35-14-6-8-17-41(35)45-42;1-43(2)39-13-7-5-11-35(39)37-27-34(22-23-40(37)43)44(33-21-17-28-9-3-4-10-30(28)25-33)32-19-15-29(16-20-32)31-18-24-42-38(26-31)36-12-6-8-14-41(36)45-42/h3*3-27H,1-2H3. The van der Waals surface area contributed by atoms with Crippen LogP contribution < -0.4 is 14.7 Å². The summed E-state index contributed by atoms with van der Waals surface area (Å²) in [6.45, 7) is 14.0. The van der Waals surface area contributed by atoms with Crippen LogP contribution in [0.25, 0.3) is 165 Å². The van der Waals surface area contributed by atoms with E-state index in [2.05, 4.69) is 475 Å². The Morgan fingerprint density at radius 2 is 0.415 bits per heavy atom. The number of furan rings is 3. The summed E-state index contributed by atoms with van der Waals surface area (Å²) in [4.78, 5) is 7.21. The molecule has 0 saturated carbocycles. The third-order valence-electron chi connectivity index (χ3n) is 29.0. The van der Waals surface area contributed by atoms with E-state index in [9.17, 15) is 0 Å². The lowest BCUT2D eigenvalue weighted by Crippen LogP contribution is -2.15. The number of benzene rings is 21. The van der Waals surface area contributed by atoms with Crippen LogP contribution in [0.3, 0.4) is 0 Å². The average Bonchev–Trinajstić information content (AvgIpc) is 1.65. The van der Waals surface area contributed by atoms with Crippen LogP contribution in [-0.2, 0) is 16.2 Å². The molecule has 0 saturated heterocycles. The summed E-state index contributed by atoms with van der Waals surface area (Å²) in [5, 5.41) is 14.2. The molecule has 27 rings (SSSR count). The van der Waals surface area contributed by atoms with E-state index in [4.69, 9.17) is 13.3 Å². The summed E-state index contributed by atoms with van der Waals surface area (Å²) in [7, 11) is 0. The first-order valence-electron chi connectivity index (χ1n) is 46.8. The van der Waals surface area contributed by atoms with Gasteiger partial charge in [-0.2, -0.15) is 0 Å². The second-order valence-electron chi connectivity index (χ2n) is 37.8. The Hall–Kier alpha value is -16.8. The molecule has 24 aromatic rings. The minimum Gasteiger partial charge on any atom is -0.456 e. The molecule has 642 valence electrons. The zero-order valence-electron chi connectivity index (χ0n) is 75.9. The Balaban J connectivity index is 0.000000108. The summed E-state index contributed by atoms with van der Waals surface area (Å²) in [5.74, 6) is 0. The van der Waals surface area contributed by atoms with Crippen LogP contribution in [0.1, 0.15) is 74.9 Å². The lowest BCUT2D eigenvalue weighted by Gasteiger charge is -2.28. The van der Waals surface area contributed by atoms with Gasteiger partial charge in [0.2, 0.25) is 0 Å². The van der Waals surface area contributed by atoms with E-state index in [1.165, 1.54) is 132 Å². The third kappa shape index (κ3) is 13.5. The van der Waals surface area contributed by atoms with Gasteiger partial charge in [-0.3, -0.25) is 0 Å². The molecule has 0 unspecified atom stereocenters. The molecule has 0 bridgehead atoms. The van der Waals surface area contributed by atoms with Gasteiger partial charge in [-0.1, -0.05) is 345 Å². The molecule has 3 aliphatic rings. The maximum absolute atomic E-state index is 6.09. The van der Waals surface area contributed by atoms with Crippen LogP contribution in [-0.4, -0.2) is 0 Å². The second-order valence-corrected chi connectivity index (χ2v) is 37.8. The number of hydrogen-bond acceptors (Lipinski definition) is 6. The van der Waals surface area contributed by atoms with Gasteiger partial charge in [-0.05, 0) is 273 Å². The molecule has 6 nitrogen and oxygen atoms in total. The quantitative estimate of drug-likeness (QED) is 0.121. The fourth-order valence-electron chi connectivity index (χ4n) is 22.1. The maximum atomic E-state index is 6.09. The van der Waals surface area contributed by atoms with E-state index in [1.807, 2.05) is 36.4 Å². The van der Waals surface area contributed by atoms with E-state index in [-0.39, 0.29) is 16.2 Å². The Kier molecular flexibility index (Phi) is 18.9. The number of anilines is 9. The molecule has 6 heteroatoms. The first kappa shape index (κ1) is 80.3. The molecule has 21 aromatic carbocycles. The smallest absolute Gasteiger partial charge is 0.135 e. The fraction of sp³-hybridized carbons (Fsp3) is 0.0698. The van der Waals surface area contributed by atoms with Gasteiger partial charge in [0.1, 0.15) is 33.5 Å². The fourth-order valence-corrected chi connectivity index (χ4v) is 22.1. The molecule has 0 radical (unpaired) electrons. The molecule has 0 aliphatic heterocycles. The molecule has 0 N–H and O–H groups in total. The molecule has 3 aliphatic carbocycles. The molecule has 0 fully saturated rings. The van der Waals surface area contributed by atoms with E-state index in [0.717, 1.165) is 117 Å². The third-order valence-corrected chi connectivity index (χ3v) is 29.0. The van der Waals surface area contributed by atoms with Gasteiger partial charge in [0.15, 0.2) is 0 Å². The van der Waals surface area contributed by atoms with E-state index in [0.29, 0.717) is 0 Å². The summed E-state index contributed by atoms with van der Waals surface area (Å²) >= 11 is 0. The van der Waals surface area contributed by atoms with E-state index in [1.54, 1.807) is 0 Å². The van der Waals surface area contributed by atoms with Gasteiger partial charge < -0.3 is 28.0 Å². The highest BCUT2D eigenvalue weighted by Gasteiger charge is 2.39. The van der Waals surface area contributed by atoms with Crippen LogP contribution in [0.5, 0.6) is 0 Å². The van der Waals surface area contributed by atoms with Crippen LogP contribution >= 0.6 is 0 Å². The summed E-state index contributed by atoms with van der Waals surface area (Å²) < 4.78 is 18.3. The van der Waals surface area contributed by atoms with Crippen molar-refractivity contribution in [3.63, 3.8) is 0 Å². The first-order valence-corrected chi connectivity index (χ1v) is 46.8. The molecule has 135 heavy (non-hydrogen) atoms. The van der Waals surface area contributed by atoms with Gasteiger partial charge in [-0.25, -0.2) is 0 Å². The molecule has 3 heterocycles. The van der Waals surface area contributed by atoms with Gasteiger partial charge >= 0.3 is 0 Å². The molecular weight excluding hydrogens is 1640 g/mol. The minimum absolute atomic E-state index is 0.0265. The van der Waals surface area contributed by atoms with Crippen molar-refractivity contribution in [3.8, 4) is 66.8 Å². The normalized spacial score (nSPS) is 13.3. The Labute approximate surface area is 784 Å². The Morgan fingerprint density at radius 1 is 0.156 bits per heavy atom. The lowest BCUT2D eigenvalue weighted by molar-refractivity contribution is 0.660. The van der Waals surface area contributed by atoms with Crippen molar-refractivity contribution in [2.75, 3.05) is 14.7 Å². The maximum Gasteiger partial charge on any atom is 0.135 e. The predicted molar refractivity (Wildman–Crippen MR) is 567 cm³/mol. The van der Waals surface area contributed by atoms with Crippen molar-refractivity contribution >= 4 is 149 Å². The van der Waals surface area contributed by atoms with Crippen molar-refractivity contribution in [2.45, 2.75) is 57.8 Å². The monoisotopic (exact) mass is 1730 g/mol. The molecule has 3 aromatic heterocycles. The Bertz CT molecular complexity index is 8500. The van der Waals surface area contributed by atoms with Crippen LogP contribution in [0.4, 0.5) is 51.2 Å². The van der Waals surface area contributed by atoms with E-state index < -0.39 is 0 Å². The van der Waals surface area contributed by atoms with Crippen molar-refractivity contribution in [1.82, 2.24) is 0 Å². The van der Waals surface area contributed by atoms with Gasteiger partial charge in [0.05, 0.1) is 11.4 Å². The van der Waals surface area contributed by atoms with Crippen molar-refractivity contribution in [1.29, 1.82) is 0 Å². The highest BCUT2D eigenvalue weighted by Crippen LogP contribution is 2.56. The lowest BCUT2D eigenvalue weighted by atomic mass is 9.82. The van der Waals surface area contributed by atoms with Crippen LogP contribution in [0, 0.1) is 0 Å². The molecule has 0 spiro atoms. The van der Waals surface area contributed by atoms with Crippen molar-refractivity contribution in [2.24, 2.45) is 0 Å². The molecule has 0 amide bonds. The Morgan fingerprint density at radius 3 is 0.793 bits per heavy atom. The summed E-state index contributed by atoms with van der Waals surface area (Å²) in [6.07, 6.45) is 0. The number of rotatable bonds is 12. The van der Waals surface area contributed by atoms with Gasteiger partial charge in [0.25, 0.3) is 0 Å². The highest BCUT2D eigenvalue weighted by molar-refractivity contribution is 6.10. The number of nitrogens with zero attached hydrogens (tertiary/aromatic N) is 3. The molecular formula is C129H93N3O3. The van der Waals surface area contributed by atoms with Crippen LogP contribution in [0.15, 0.2) is 468 Å². The highest BCUT2D eigenvalue weighted by atomic mass is 16.3. The van der Waals surface area contributed by atoms with Crippen molar-refractivity contribution in [3.05, 3.63) is 488 Å². The zero-order valence-corrected chi connectivity index (χ0v) is 75.9. The van der Waals surface area contributed by atoms with Gasteiger partial charge in [-0.15, -0.1) is 0 Å². The zero-order chi connectivity index (χ0) is 90.4. The minimum atomic E-state index is -0.0300. The molecule has 0 atom stereocenters. The number of fused-ring (bicyclic) bond motifs is 21. The van der Waals surface area contributed by atoms with Crippen molar-refractivity contribution < 1.29 is 13.3 Å². The van der Waals surface area contributed by atoms with E-state index >= 15 is 0 Å². The topological polar surface area (TPSA) is 49.1 Å². The van der Waals surface area contributed by atoms with Gasteiger partial charge in [0, 0.05) is 99.1 Å². The van der Waals surface area contributed by atoms with Crippen LogP contribution in [0.2, 0.25) is 0 Å².